The van der Waals surface area contributed by atoms with Crippen LogP contribution in [0.25, 0.3) is 0 Å². The predicted molar refractivity (Wildman–Crippen MR) is 77.3 cm³/mol. The van der Waals surface area contributed by atoms with E-state index in [4.69, 9.17) is 34.8 Å². The molecule has 2 N–H and O–H groups in total. The third kappa shape index (κ3) is 3.45. The normalized spacial score (nSPS) is 19.7. The molecule has 1 unspecified atom stereocenters. The van der Waals surface area contributed by atoms with Gasteiger partial charge < -0.3 is 5.32 Å². The second-order valence-electron chi connectivity index (χ2n) is 3.78. The third-order valence-electron chi connectivity index (χ3n) is 2.51. The van der Waals surface area contributed by atoms with Crippen LogP contribution in [0.1, 0.15) is 12.0 Å². The Labute approximate surface area is 125 Å². The first-order valence-electron chi connectivity index (χ1n) is 5.34. The molecule has 0 spiro atoms. The molecule has 1 aliphatic heterocycles. The SMILES string of the molecule is O=C1CCNC(SCc2c(Cl)ccc(Cl)c2Cl)N1. The molecule has 1 atom stereocenters. The van der Waals surface area contributed by atoms with Gasteiger partial charge in [0.05, 0.1) is 10.0 Å². The largest absolute Gasteiger partial charge is 0.332 e. The number of benzene rings is 1. The molecule has 0 aromatic heterocycles. The topological polar surface area (TPSA) is 41.1 Å². The maximum absolute atomic E-state index is 11.2. The second-order valence-corrected chi connectivity index (χ2v) is 6.07. The Morgan fingerprint density at radius 1 is 1.28 bits per heavy atom. The number of halogens is 3. The van der Waals surface area contributed by atoms with E-state index in [9.17, 15) is 4.79 Å². The minimum atomic E-state index is -0.114. The monoisotopic (exact) mass is 324 g/mol. The average Bonchev–Trinajstić information content (AvgIpc) is 2.34. The Hall–Kier alpha value is -0.130. The zero-order valence-electron chi connectivity index (χ0n) is 9.30. The molecule has 7 heteroatoms. The number of thioether (sulfide) groups is 1. The van der Waals surface area contributed by atoms with Crippen molar-refractivity contribution in [3.63, 3.8) is 0 Å². The fourth-order valence-electron chi connectivity index (χ4n) is 1.55. The maximum Gasteiger partial charge on any atom is 0.223 e. The highest BCUT2D eigenvalue weighted by molar-refractivity contribution is 7.99. The number of amides is 1. The smallest absolute Gasteiger partial charge is 0.223 e. The molecule has 1 aromatic rings. The van der Waals surface area contributed by atoms with Gasteiger partial charge in [-0.25, -0.2) is 0 Å². The molecule has 3 nitrogen and oxygen atoms in total. The van der Waals surface area contributed by atoms with E-state index >= 15 is 0 Å². The number of carbonyl (C=O) groups excluding carboxylic acids is 1. The predicted octanol–water partition coefficient (Wildman–Crippen LogP) is 3.27. The van der Waals surface area contributed by atoms with E-state index in [1.165, 1.54) is 11.8 Å². The van der Waals surface area contributed by atoms with Crippen LogP contribution in [0.2, 0.25) is 15.1 Å². The number of hydrogen-bond donors (Lipinski definition) is 2. The highest BCUT2D eigenvalue weighted by atomic mass is 35.5. The number of rotatable bonds is 3. The first kappa shape index (κ1) is 14.3. The Kier molecular flexibility index (Phi) is 5.04. The summed E-state index contributed by atoms with van der Waals surface area (Å²) >= 11 is 19.7. The van der Waals surface area contributed by atoms with Crippen LogP contribution in [0, 0.1) is 0 Å². The van der Waals surface area contributed by atoms with E-state index < -0.39 is 0 Å². The summed E-state index contributed by atoms with van der Waals surface area (Å²) in [5, 5.41) is 7.56. The molecule has 0 radical (unpaired) electrons. The van der Waals surface area contributed by atoms with Crippen LogP contribution in [0.15, 0.2) is 12.1 Å². The van der Waals surface area contributed by atoms with Gasteiger partial charge in [0, 0.05) is 29.3 Å². The molecule has 1 saturated heterocycles. The van der Waals surface area contributed by atoms with Gasteiger partial charge in [-0.3, -0.25) is 10.1 Å². The molecular formula is C11H11Cl3N2OS. The van der Waals surface area contributed by atoms with Gasteiger partial charge in [0.2, 0.25) is 5.91 Å². The van der Waals surface area contributed by atoms with E-state index in [0.717, 1.165) is 5.56 Å². The summed E-state index contributed by atoms with van der Waals surface area (Å²) in [4.78, 5) is 11.2. The average molecular weight is 326 g/mol. The minimum Gasteiger partial charge on any atom is -0.332 e. The molecule has 0 aliphatic carbocycles. The lowest BCUT2D eigenvalue weighted by molar-refractivity contribution is -0.122. The molecule has 1 aliphatic rings. The Bertz CT molecular complexity index is 470. The molecule has 1 fully saturated rings. The first-order chi connectivity index (χ1) is 8.58. The van der Waals surface area contributed by atoms with Crippen LogP contribution in [0.4, 0.5) is 0 Å². The zero-order valence-corrected chi connectivity index (χ0v) is 12.4. The van der Waals surface area contributed by atoms with Crippen molar-refractivity contribution in [1.29, 1.82) is 0 Å². The molecule has 18 heavy (non-hydrogen) atoms. The van der Waals surface area contributed by atoms with Gasteiger partial charge in [-0.2, -0.15) is 0 Å². The van der Waals surface area contributed by atoms with Gasteiger partial charge in [0.1, 0.15) is 5.50 Å². The molecule has 1 heterocycles. The van der Waals surface area contributed by atoms with Crippen molar-refractivity contribution < 1.29 is 4.79 Å². The second kappa shape index (κ2) is 6.35. The van der Waals surface area contributed by atoms with Crippen molar-refractivity contribution >= 4 is 52.5 Å². The fraction of sp³-hybridized carbons (Fsp3) is 0.364. The van der Waals surface area contributed by atoms with Crippen molar-refractivity contribution in [3.8, 4) is 0 Å². The number of hydrogen-bond acceptors (Lipinski definition) is 3. The van der Waals surface area contributed by atoms with E-state index in [0.29, 0.717) is 33.8 Å². The number of carbonyl (C=O) groups is 1. The Morgan fingerprint density at radius 2 is 2.00 bits per heavy atom. The van der Waals surface area contributed by atoms with Crippen LogP contribution in [-0.4, -0.2) is 17.9 Å². The lowest BCUT2D eigenvalue weighted by Crippen LogP contribution is -2.49. The molecular weight excluding hydrogens is 315 g/mol. The zero-order chi connectivity index (χ0) is 13.1. The van der Waals surface area contributed by atoms with Gasteiger partial charge in [-0.1, -0.05) is 34.8 Å². The molecule has 0 bridgehead atoms. The summed E-state index contributed by atoms with van der Waals surface area (Å²) < 4.78 is 0. The van der Waals surface area contributed by atoms with Crippen molar-refractivity contribution in [2.45, 2.75) is 17.7 Å². The summed E-state index contributed by atoms with van der Waals surface area (Å²) in [6.45, 7) is 0.681. The summed E-state index contributed by atoms with van der Waals surface area (Å²) in [6, 6.07) is 3.39. The van der Waals surface area contributed by atoms with Gasteiger partial charge >= 0.3 is 0 Å². The van der Waals surface area contributed by atoms with E-state index in [2.05, 4.69) is 10.6 Å². The summed E-state index contributed by atoms with van der Waals surface area (Å²) in [7, 11) is 0. The maximum atomic E-state index is 11.2. The highest BCUT2D eigenvalue weighted by Crippen LogP contribution is 2.34. The first-order valence-corrected chi connectivity index (χ1v) is 7.53. The molecule has 98 valence electrons. The van der Waals surface area contributed by atoms with Crippen molar-refractivity contribution in [1.82, 2.24) is 10.6 Å². The van der Waals surface area contributed by atoms with Gasteiger partial charge in [0.15, 0.2) is 0 Å². The standard InChI is InChI=1S/C11H11Cl3N2OS/c12-7-1-2-8(13)10(14)6(7)5-18-11-15-4-3-9(17)16-11/h1-2,11,15H,3-5H2,(H,16,17). The number of nitrogens with one attached hydrogen (secondary N) is 2. The fourth-order valence-corrected chi connectivity index (χ4v) is 3.48. The van der Waals surface area contributed by atoms with Gasteiger partial charge in [-0.05, 0) is 12.1 Å². The third-order valence-corrected chi connectivity index (χ3v) is 4.78. The molecule has 2 rings (SSSR count). The van der Waals surface area contributed by atoms with E-state index in [-0.39, 0.29) is 11.4 Å². The van der Waals surface area contributed by atoms with Gasteiger partial charge in [0.25, 0.3) is 0 Å². The van der Waals surface area contributed by atoms with Crippen molar-refractivity contribution in [2.24, 2.45) is 0 Å². The van der Waals surface area contributed by atoms with E-state index in [1.807, 2.05) is 0 Å². The highest BCUT2D eigenvalue weighted by Gasteiger charge is 2.19. The minimum absolute atomic E-state index is 0.0505. The lowest BCUT2D eigenvalue weighted by atomic mass is 10.2. The van der Waals surface area contributed by atoms with Crippen molar-refractivity contribution in [2.75, 3.05) is 6.54 Å². The quantitative estimate of drug-likeness (QED) is 0.838. The van der Waals surface area contributed by atoms with Crippen LogP contribution >= 0.6 is 46.6 Å². The van der Waals surface area contributed by atoms with Gasteiger partial charge in [-0.15, -0.1) is 11.8 Å². The molecule has 0 saturated carbocycles. The van der Waals surface area contributed by atoms with Crippen LogP contribution in [-0.2, 0) is 10.5 Å². The van der Waals surface area contributed by atoms with Crippen LogP contribution in [0.3, 0.4) is 0 Å². The molecule has 1 amide bonds. The Balaban J connectivity index is 2.02. The summed E-state index contributed by atoms with van der Waals surface area (Å²) in [5.74, 6) is 0.630. The molecule has 1 aromatic carbocycles. The van der Waals surface area contributed by atoms with Crippen LogP contribution < -0.4 is 10.6 Å². The van der Waals surface area contributed by atoms with E-state index in [1.54, 1.807) is 12.1 Å². The van der Waals surface area contributed by atoms with Crippen LogP contribution in [0.5, 0.6) is 0 Å². The Morgan fingerprint density at radius 3 is 2.72 bits per heavy atom. The summed E-state index contributed by atoms with van der Waals surface area (Å²) in [6.07, 6.45) is 0.510. The summed E-state index contributed by atoms with van der Waals surface area (Å²) in [5.41, 5.74) is 0.676. The lowest BCUT2D eigenvalue weighted by Gasteiger charge is -2.24. The van der Waals surface area contributed by atoms with Crippen molar-refractivity contribution in [3.05, 3.63) is 32.8 Å².